The summed E-state index contributed by atoms with van der Waals surface area (Å²) in [5.74, 6) is -0.191. The molecule has 2 aliphatic heterocycles. The van der Waals surface area contributed by atoms with Crippen LogP contribution < -0.4 is 15.8 Å². The second kappa shape index (κ2) is 6.96. The van der Waals surface area contributed by atoms with Gasteiger partial charge in [0.2, 0.25) is 5.43 Å². The van der Waals surface area contributed by atoms with Gasteiger partial charge in [0.15, 0.2) is 11.4 Å². The fraction of sp³-hybridized carbons (Fsp3) is 0.143. The predicted molar refractivity (Wildman–Crippen MR) is 115 cm³/mol. The fourth-order valence-corrected chi connectivity index (χ4v) is 5.65. The summed E-state index contributed by atoms with van der Waals surface area (Å²) in [6.07, 6.45) is 1.55. The normalized spacial score (nSPS) is 17.6. The monoisotopic (exact) mass is 469 g/mol. The van der Waals surface area contributed by atoms with Gasteiger partial charge >= 0.3 is 0 Å². The van der Waals surface area contributed by atoms with Crippen molar-refractivity contribution < 1.29 is 9.90 Å². The van der Waals surface area contributed by atoms with E-state index in [1.54, 1.807) is 22.6 Å². The third kappa shape index (κ3) is 2.86. The minimum Gasteiger partial charge on any atom is -0.502 e. The number of pyridine rings is 1. The van der Waals surface area contributed by atoms with Crippen molar-refractivity contribution >= 4 is 33.6 Å². The summed E-state index contributed by atoms with van der Waals surface area (Å²) in [5, 5.41) is 15.1. The molecular weight excluding hydrogens is 454 g/mol. The fourth-order valence-electron chi connectivity index (χ4n) is 3.94. The Kier molecular flexibility index (Phi) is 4.40. The first-order valence-electron chi connectivity index (χ1n) is 9.05. The molecular formula is C21H16BrN3O3S. The zero-order valence-electron chi connectivity index (χ0n) is 15.1. The number of carbonyl (C=O) groups excluding carboxylic acids is 1. The Bertz CT molecular complexity index is 1210. The maximum Gasteiger partial charge on any atom is 0.275 e. The van der Waals surface area contributed by atoms with Gasteiger partial charge < -0.3 is 10.4 Å². The second-order valence-corrected chi connectivity index (χ2v) is 8.74. The quantitative estimate of drug-likeness (QED) is 0.571. The van der Waals surface area contributed by atoms with E-state index >= 15 is 0 Å². The highest BCUT2D eigenvalue weighted by atomic mass is 79.9. The molecule has 0 aliphatic carbocycles. The summed E-state index contributed by atoms with van der Waals surface area (Å²) >= 11 is 5.49. The number of amides is 1. The van der Waals surface area contributed by atoms with Gasteiger partial charge in [-0.2, -0.15) is 0 Å². The summed E-state index contributed by atoms with van der Waals surface area (Å²) < 4.78 is 2.57. The molecule has 0 fully saturated rings. The van der Waals surface area contributed by atoms with Gasteiger partial charge in [0.1, 0.15) is 6.67 Å². The Labute approximate surface area is 179 Å². The molecule has 0 radical (unpaired) electrons. The van der Waals surface area contributed by atoms with Crippen LogP contribution in [0.2, 0.25) is 0 Å². The van der Waals surface area contributed by atoms with Crippen molar-refractivity contribution in [2.24, 2.45) is 0 Å². The highest BCUT2D eigenvalue weighted by molar-refractivity contribution is 9.10. The largest absolute Gasteiger partial charge is 0.502 e. The summed E-state index contributed by atoms with van der Waals surface area (Å²) in [7, 11) is 0. The molecule has 3 aromatic rings. The van der Waals surface area contributed by atoms with Crippen LogP contribution >= 0.6 is 27.7 Å². The molecule has 3 heterocycles. The van der Waals surface area contributed by atoms with E-state index in [0.717, 1.165) is 26.2 Å². The number of hydrogen-bond donors (Lipinski definition) is 2. The van der Waals surface area contributed by atoms with Crippen LogP contribution in [-0.2, 0) is 5.75 Å². The number of fused-ring (bicyclic) bond motifs is 3. The van der Waals surface area contributed by atoms with Gasteiger partial charge in [-0.05, 0) is 28.8 Å². The number of rotatable bonds is 1. The first-order valence-corrected chi connectivity index (χ1v) is 10.8. The molecule has 5 rings (SSSR count). The number of carbonyl (C=O) groups is 1. The topological polar surface area (TPSA) is 74.6 Å². The van der Waals surface area contributed by atoms with Crippen molar-refractivity contribution in [2.45, 2.75) is 16.7 Å². The summed E-state index contributed by atoms with van der Waals surface area (Å²) in [4.78, 5) is 25.6. The number of aromatic nitrogens is 1. The SMILES string of the molecule is O=C1NCN(C2c3ccccc3SCc3cccc(Br)c32)n2ccc(=O)c(O)c21. The number of nitrogens with one attached hydrogen (secondary N) is 1. The second-order valence-electron chi connectivity index (χ2n) is 6.87. The average Bonchev–Trinajstić information content (AvgIpc) is 2.89. The van der Waals surface area contributed by atoms with Crippen molar-refractivity contribution in [2.75, 3.05) is 11.7 Å². The van der Waals surface area contributed by atoms with E-state index in [2.05, 4.69) is 39.4 Å². The molecule has 1 atom stereocenters. The number of halogens is 1. The summed E-state index contributed by atoms with van der Waals surface area (Å²) in [5.41, 5.74) is 2.77. The first kappa shape index (κ1) is 18.3. The Morgan fingerprint density at radius 3 is 2.79 bits per heavy atom. The zero-order valence-corrected chi connectivity index (χ0v) is 17.5. The molecule has 0 spiro atoms. The van der Waals surface area contributed by atoms with Crippen LogP contribution in [0.4, 0.5) is 0 Å². The van der Waals surface area contributed by atoms with Crippen LogP contribution in [0.25, 0.3) is 0 Å². The Hall–Kier alpha value is -2.71. The van der Waals surface area contributed by atoms with Crippen molar-refractivity contribution in [3.8, 4) is 5.75 Å². The summed E-state index contributed by atoms with van der Waals surface area (Å²) in [6, 6.07) is 15.4. The van der Waals surface area contributed by atoms with Crippen LogP contribution in [0.3, 0.4) is 0 Å². The van der Waals surface area contributed by atoms with Crippen LogP contribution in [0.5, 0.6) is 5.75 Å². The molecule has 146 valence electrons. The Balaban J connectivity index is 1.80. The number of benzene rings is 2. The molecule has 2 N–H and O–H groups in total. The van der Waals surface area contributed by atoms with E-state index in [9.17, 15) is 14.7 Å². The first-order chi connectivity index (χ1) is 14.1. The van der Waals surface area contributed by atoms with E-state index in [-0.39, 0.29) is 18.4 Å². The van der Waals surface area contributed by atoms with Crippen molar-refractivity contribution in [1.29, 1.82) is 0 Å². The highest BCUT2D eigenvalue weighted by Gasteiger charge is 2.35. The van der Waals surface area contributed by atoms with Gasteiger partial charge in [-0.15, -0.1) is 11.8 Å². The minimum absolute atomic E-state index is 0.0493. The Morgan fingerprint density at radius 2 is 1.93 bits per heavy atom. The highest BCUT2D eigenvalue weighted by Crippen LogP contribution is 2.44. The minimum atomic E-state index is -0.577. The van der Waals surface area contributed by atoms with Gasteiger partial charge in [-0.25, -0.2) is 0 Å². The standard InChI is InChI=1S/C21H16BrN3O3S/c22-14-6-3-4-12-10-29-16-7-2-1-5-13(16)18(17(12)14)25-11-23-21(28)19-20(27)15(26)8-9-24(19)25/h1-9,18,27H,10-11H2,(H,23,28). The third-order valence-corrected chi connectivity index (χ3v) is 7.09. The molecule has 1 aromatic heterocycles. The molecule has 2 aromatic carbocycles. The molecule has 0 saturated heterocycles. The maximum absolute atomic E-state index is 12.4. The number of nitrogens with zero attached hydrogens (tertiary/aromatic N) is 2. The zero-order chi connectivity index (χ0) is 20.1. The van der Waals surface area contributed by atoms with Gasteiger partial charge in [-0.3, -0.25) is 19.3 Å². The molecule has 2 aliphatic rings. The number of hydrogen-bond acceptors (Lipinski definition) is 5. The molecule has 29 heavy (non-hydrogen) atoms. The molecule has 6 nitrogen and oxygen atoms in total. The van der Waals surface area contributed by atoms with E-state index in [1.807, 2.05) is 29.3 Å². The van der Waals surface area contributed by atoms with Gasteiger partial charge in [0.25, 0.3) is 5.91 Å². The molecule has 0 bridgehead atoms. The lowest BCUT2D eigenvalue weighted by Gasteiger charge is -2.40. The van der Waals surface area contributed by atoms with Gasteiger partial charge in [0.05, 0.1) is 6.04 Å². The smallest absolute Gasteiger partial charge is 0.275 e. The Morgan fingerprint density at radius 1 is 1.10 bits per heavy atom. The molecule has 8 heteroatoms. The van der Waals surface area contributed by atoms with Crippen molar-refractivity contribution in [3.63, 3.8) is 0 Å². The van der Waals surface area contributed by atoms with Crippen molar-refractivity contribution in [1.82, 2.24) is 9.99 Å². The van der Waals surface area contributed by atoms with E-state index in [4.69, 9.17) is 0 Å². The van der Waals surface area contributed by atoms with E-state index < -0.39 is 17.1 Å². The molecule has 0 saturated carbocycles. The lowest BCUT2D eigenvalue weighted by molar-refractivity contribution is 0.0915. The van der Waals surface area contributed by atoms with Gasteiger partial charge in [0, 0.05) is 27.4 Å². The van der Waals surface area contributed by atoms with Crippen LogP contribution in [0.15, 0.2) is 68.9 Å². The number of aromatic hydroxyl groups is 1. The van der Waals surface area contributed by atoms with E-state index in [0.29, 0.717) is 0 Å². The van der Waals surface area contributed by atoms with Crippen LogP contribution in [-0.4, -0.2) is 22.4 Å². The van der Waals surface area contributed by atoms with E-state index in [1.165, 1.54) is 11.6 Å². The van der Waals surface area contributed by atoms with Gasteiger partial charge in [-0.1, -0.05) is 46.3 Å². The van der Waals surface area contributed by atoms with Crippen LogP contribution in [0.1, 0.15) is 33.2 Å². The maximum atomic E-state index is 12.4. The van der Waals surface area contributed by atoms with Crippen LogP contribution in [0, 0.1) is 0 Å². The predicted octanol–water partition coefficient (Wildman–Crippen LogP) is 3.35. The summed E-state index contributed by atoms with van der Waals surface area (Å²) in [6.45, 7) is 0.235. The average molecular weight is 470 g/mol. The lowest BCUT2D eigenvalue weighted by Crippen LogP contribution is -2.53. The van der Waals surface area contributed by atoms with Crippen molar-refractivity contribution in [3.05, 3.63) is 91.8 Å². The third-order valence-electron chi connectivity index (χ3n) is 5.26. The molecule has 1 amide bonds. The molecule has 1 unspecified atom stereocenters. The lowest BCUT2D eigenvalue weighted by atomic mass is 9.94. The number of thioether (sulfide) groups is 1.